The zero-order valence-corrected chi connectivity index (χ0v) is 14.9. The summed E-state index contributed by atoms with van der Waals surface area (Å²) in [5, 5.41) is 3.63. The number of amides is 2. The van der Waals surface area contributed by atoms with Crippen molar-refractivity contribution in [1.82, 2.24) is 15.2 Å². The summed E-state index contributed by atoms with van der Waals surface area (Å²) in [7, 11) is 0. The van der Waals surface area contributed by atoms with Crippen molar-refractivity contribution < 1.29 is 14.0 Å². The van der Waals surface area contributed by atoms with Gasteiger partial charge in [0, 0.05) is 26.1 Å². The van der Waals surface area contributed by atoms with Crippen molar-refractivity contribution in [2.75, 3.05) is 13.1 Å². The molecule has 2 amide bonds. The van der Waals surface area contributed by atoms with Gasteiger partial charge in [0.05, 0.1) is 5.69 Å². The third-order valence-electron chi connectivity index (χ3n) is 4.06. The lowest BCUT2D eigenvalue weighted by atomic mass is 10.1. The van der Waals surface area contributed by atoms with E-state index >= 15 is 0 Å². The number of hydrogen-bond donors (Lipinski definition) is 1. The molecular weight excluding hydrogens is 326 g/mol. The molecule has 1 atom stereocenters. The monoisotopic (exact) mass is 347 g/mol. The number of thiazole rings is 1. The van der Waals surface area contributed by atoms with E-state index in [2.05, 4.69) is 10.3 Å². The van der Waals surface area contributed by atoms with Gasteiger partial charge in [0.25, 0.3) is 5.91 Å². The SMILES string of the molecule is CC(=O)N[C@@H]1CCCN(C(=O)c2sc(-c3ccc(C)o3)nc2C)C1. The van der Waals surface area contributed by atoms with E-state index in [9.17, 15) is 9.59 Å². The molecular formula is C17H21N3O3S. The lowest BCUT2D eigenvalue weighted by Gasteiger charge is -2.32. The van der Waals surface area contributed by atoms with Crippen molar-refractivity contribution in [2.45, 2.75) is 39.7 Å². The van der Waals surface area contributed by atoms with Gasteiger partial charge in [-0.25, -0.2) is 4.98 Å². The number of aryl methyl sites for hydroxylation is 2. The quantitative estimate of drug-likeness (QED) is 0.926. The normalized spacial score (nSPS) is 17.8. The Morgan fingerprint density at radius 2 is 2.17 bits per heavy atom. The molecule has 128 valence electrons. The number of piperidine rings is 1. The molecule has 0 aromatic carbocycles. The summed E-state index contributed by atoms with van der Waals surface area (Å²) in [4.78, 5) is 31.0. The van der Waals surface area contributed by atoms with Crippen molar-refractivity contribution in [3.63, 3.8) is 0 Å². The fourth-order valence-electron chi connectivity index (χ4n) is 2.96. The largest absolute Gasteiger partial charge is 0.459 e. The summed E-state index contributed by atoms with van der Waals surface area (Å²) >= 11 is 1.36. The molecule has 2 aromatic heterocycles. The predicted molar refractivity (Wildman–Crippen MR) is 92.0 cm³/mol. The molecule has 0 unspecified atom stereocenters. The molecule has 0 spiro atoms. The summed E-state index contributed by atoms with van der Waals surface area (Å²) in [6.07, 6.45) is 1.79. The highest BCUT2D eigenvalue weighted by molar-refractivity contribution is 7.17. The smallest absolute Gasteiger partial charge is 0.265 e. The number of carbonyl (C=O) groups is 2. The van der Waals surface area contributed by atoms with E-state index in [0.29, 0.717) is 23.7 Å². The van der Waals surface area contributed by atoms with Gasteiger partial charge < -0.3 is 14.6 Å². The van der Waals surface area contributed by atoms with Crippen molar-refractivity contribution in [2.24, 2.45) is 0 Å². The van der Waals surface area contributed by atoms with Gasteiger partial charge in [-0.15, -0.1) is 11.3 Å². The number of carbonyl (C=O) groups excluding carboxylic acids is 2. The van der Waals surface area contributed by atoms with Gasteiger partial charge in [-0.3, -0.25) is 9.59 Å². The Kier molecular flexibility index (Phi) is 4.71. The van der Waals surface area contributed by atoms with E-state index in [-0.39, 0.29) is 17.9 Å². The van der Waals surface area contributed by atoms with E-state index in [1.807, 2.05) is 30.9 Å². The minimum Gasteiger partial charge on any atom is -0.459 e. The molecule has 1 N–H and O–H groups in total. The molecule has 0 saturated carbocycles. The van der Waals surface area contributed by atoms with E-state index in [0.717, 1.165) is 29.3 Å². The second-order valence-corrected chi connectivity index (χ2v) is 7.13. The molecule has 24 heavy (non-hydrogen) atoms. The summed E-state index contributed by atoms with van der Waals surface area (Å²) in [5.74, 6) is 1.43. The number of aromatic nitrogens is 1. The van der Waals surface area contributed by atoms with Gasteiger partial charge in [-0.1, -0.05) is 0 Å². The average molecular weight is 347 g/mol. The molecule has 3 rings (SSSR count). The number of hydrogen-bond acceptors (Lipinski definition) is 5. The predicted octanol–water partition coefficient (Wildman–Crippen LogP) is 2.76. The summed E-state index contributed by atoms with van der Waals surface area (Å²) in [6, 6.07) is 3.78. The third kappa shape index (κ3) is 3.51. The Morgan fingerprint density at radius 3 is 2.83 bits per heavy atom. The molecule has 0 aliphatic carbocycles. The highest BCUT2D eigenvalue weighted by Gasteiger charge is 2.28. The van der Waals surface area contributed by atoms with Crippen LogP contribution in [0.5, 0.6) is 0 Å². The minimum atomic E-state index is -0.0567. The van der Waals surface area contributed by atoms with Crippen LogP contribution in [0.2, 0.25) is 0 Å². The Morgan fingerprint density at radius 1 is 1.38 bits per heavy atom. The number of rotatable bonds is 3. The van der Waals surface area contributed by atoms with Crippen molar-refractivity contribution in [1.29, 1.82) is 0 Å². The van der Waals surface area contributed by atoms with Crippen LogP contribution in [0.3, 0.4) is 0 Å². The van der Waals surface area contributed by atoms with Crippen LogP contribution in [0, 0.1) is 13.8 Å². The first-order valence-corrected chi connectivity index (χ1v) is 8.86. The maximum atomic E-state index is 12.9. The Hall–Kier alpha value is -2.15. The molecule has 1 saturated heterocycles. The van der Waals surface area contributed by atoms with Crippen molar-refractivity contribution >= 4 is 23.2 Å². The number of nitrogens with one attached hydrogen (secondary N) is 1. The fraction of sp³-hybridized carbons (Fsp3) is 0.471. The summed E-state index contributed by atoms with van der Waals surface area (Å²) in [6.45, 7) is 6.49. The van der Waals surface area contributed by atoms with E-state index in [1.54, 1.807) is 0 Å². The molecule has 6 nitrogen and oxygen atoms in total. The molecule has 1 aliphatic rings. The van der Waals surface area contributed by atoms with Gasteiger partial charge in [-0.2, -0.15) is 0 Å². The minimum absolute atomic E-state index is 0.0189. The van der Waals surface area contributed by atoms with Gasteiger partial charge in [0.15, 0.2) is 10.8 Å². The second kappa shape index (κ2) is 6.76. The van der Waals surface area contributed by atoms with Crippen LogP contribution in [0.1, 0.15) is 40.9 Å². The molecule has 2 aromatic rings. The second-order valence-electron chi connectivity index (χ2n) is 6.13. The third-order valence-corrected chi connectivity index (χ3v) is 5.22. The highest BCUT2D eigenvalue weighted by atomic mass is 32.1. The van der Waals surface area contributed by atoms with E-state index in [4.69, 9.17) is 4.42 Å². The van der Waals surface area contributed by atoms with Gasteiger partial charge in [0.2, 0.25) is 5.91 Å². The Balaban J connectivity index is 1.77. The van der Waals surface area contributed by atoms with Crippen LogP contribution < -0.4 is 5.32 Å². The topological polar surface area (TPSA) is 75.4 Å². The first-order valence-electron chi connectivity index (χ1n) is 8.04. The molecule has 3 heterocycles. The maximum Gasteiger partial charge on any atom is 0.265 e. The van der Waals surface area contributed by atoms with Crippen LogP contribution in [-0.4, -0.2) is 40.8 Å². The van der Waals surface area contributed by atoms with Crippen LogP contribution in [0.25, 0.3) is 10.8 Å². The highest BCUT2D eigenvalue weighted by Crippen LogP contribution is 2.30. The number of likely N-dealkylation sites (tertiary alicyclic amines) is 1. The fourth-order valence-corrected chi connectivity index (χ4v) is 3.96. The van der Waals surface area contributed by atoms with Gasteiger partial charge in [0.1, 0.15) is 10.6 Å². The zero-order valence-electron chi connectivity index (χ0n) is 14.1. The Bertz CT molecular complexity index is 765. The van der Waals surface area contributed by atoms with Gasteiger partial charge in [-0.05, 0) is 38.8 Å². The first kappa shape index (κ1) is 16.7. The van der Waals surface area contributed by atoms with E-state index in [1.165, 1.54) is 18.3 Å². The molecule has 1 fully saturated rings. The number of furan rings is 1. The summed E-state index contributed by atoms with van der Waals surface area (Å²) in [5.41, 5.74) is 0.718. The summed E-state index contributed by atoms with van der Waals surface area (Å²) < 4.78 is 5.60. The van der Waals surface area contributed by atoms with Crippen molar-refractivity contribution in [3.8, 4) is 10.8 Å². The van der Waals surface area contributed by atoms with E-state index < -0.39 is 0 Å². The molecule has 7 heteroatoms. The van der Waals surface area contributed by atoms with Crippen LogP contribution >= 0.6 is 11.3 Å². The average Bonchev–Trinajstić information content (AvgIpc) is 3.12. The van der Waals surface area contributed by atoms with Crippen LogP contribution in [0.4, 0.5) is 0 Å². The maximum absolute atomic E-state index is 12.9. The Labute approximate surface area is 144 Å². The lowest BCUT2D eigenvalue weighted by molar-refractivity contribution is -0.120. The molecule has 0 bridgehead atoms. The van der Waals surface area contributed by atoms with Crippen molar-refractivity contribution in [3.05, 3.63) is 28.5 Å². The first-order chi connectivity index (χ1) is 11.4. The molecule has 1 aliphatic heterocycles. The van der Waals surface area contributed by atoms with Gasteiger partial charge >= 0.3 is 0 Å². The zero-order chi connectivity index (χ0) is 17.3. The lowest BCUT2D eigenvalue weighted by Crippen LogP contribution is -2.49. The number of nitrogens with zero attached hydrogens (tertiary/aromatic N) is 2. The standard InChI is InChI=1S/C17H21N3O3S/c1-10-6-7-14(23-10)16-18-11(2)15(24-16)17(22)20-8-4-5-13(9-20)19-12(3)21/h6-7,13H,4-5,8-9H2,1-3H3,(H,19,21)/t13-/m1/s1. The molecule has 0 radical (unpaired) electrons. The van der Waals surface area contributed by atoms with Crippen LogP contribution in [0.15, 0.2) is 16.5 Å². The van der Waals surface area contributed by atoms with Crippen LogP contribution in [-0.2, 0) is 4.79 Å².